The van der Waals surface area contributed by atoms with E-state index in [4.69, 9.17) is 5.73 Å². The smallest absolute Gasteiger partial charge is 0.0559 e. The molecule has 2 heteroatoms. The van der Waals surface area contributed by atoms with Crippen LogP contribution in [-0.2, 0) is 0 Å². The summed E-state index contributed by atoms with van der Waals surface area (Å²) in [7, 11) is 0. The van der Waals surface area contributed by atoms with Crippen molar-refractivity contribution in [2.45, 2.75) is 38.1 Å². The van der Waals surface area contributed by atoms with Crippen LogP contribution in [0.3, 0.4) is 0 Å². The zero-order valence-electron chi connectivity index (χ0n) is 7.05. The molecule has 2 rings (SSSR count). The van der Waals surface area contributed by atoms with Crippen molar-refractivity contribution in [1.29, 1.82) is 0 Å². The lowest BCUT2D eigenvalue weighted by atomic mass is 9.88. The van der Waals surface area contributed by atoms with Gasteiger partial charge < -0.3 is 5.73 Å². The summed E-state index contributed by atoms with van der Waals surface area (Å²) in [4.78, 5) is 2.48. The lowest BCUT2D eigenvalue weighted by Crippen LogP contribution is -2.49. The molecule has 1 aliphatic heterocycles. The number of nitrogens with zero attached hydrogens (tertiary/aromatic N) is 1. The van der Waals surface area contributed by atoms with Crippen LogP contribution in [0.1, 0.15) is 32.1 Å². The average Bonchev–Trinajstić information content (AvgIpc) is 1.90. The summed E-state index contributed by atoms with van der Waals surface area (Å²) in [6, 6.07) is 1.94. The van der Waals surface area contributed by atoms with Gasteiger partial charge in [-0.25, -0.2) is 0 Å². The number of hydrogen-bond donors (Lipinski definition) is 1. The highest BCUT2D eigenvalue weighted by molar-refractivity contribution is 5.04. The largest absolute Gasteiger partial charge is 0.326 e. The maximum absolute atomic E-state index is 6.01. The van der Waals surface area contributed by atoms with Gasteiger partial charge in [-0.15, -0.1) is 0 Å². The van der Waals surface area contributed by atoms with Crippen molar-refractivity contribution in [3.05, 3.63) is 6.04 Å². The zero-order valence-corrected chi connectivity index (χ0v) is 7.05. The molecule has 1 atom stereocenters. The second kappa shape index (κ2) is 3.11. The van der Waals surface area contributed by atoms with E-state index >= 15 is 0 Å². The summed E-state index contributed by atoms with van der Waals surface area (Å²) >= 11 is 0. The highest BCUT2D eigenvalue weighted by Gasteiger charge is 2.31. The van der Waals surface area contributed by atoms with Crippen LogP contribution in [0, 0.1) is 6.04 Å². The van der Waals surface area contributed by atoms with Crippen LogP contribution in [0.25, 0.3) is 0 Å². The molecule has 0 spiro atoms. The molecular formula is C9H17N2. The number of rotatable bonds is 1. The third-order valence-corrected chi connectivity index (χ3v) is 2.89. The van der Waals surface area contributed by atoms with E-state index < -0.39 is 0 Å². The van der Waals surface area contributed by atoms with E-state index in [0.29, 0.717) is 6.04 Å². The predicted molar refractivity (Wildman–Crippen MR) is 45.9 cm³/mol. The maximum atomic E-state index is 6.01. The molecule has 11 heavy (non-hydrogen) atoms. The van der Waals surface area contributed by atoms with E-state index in [1.165, 1.54) is 45.2 Å². The van der Waals surface area contributed by atoms with Crippen LogP contribution >= 0.6 is 0 Å². The molecule has 0 aromatic heterocycles. The Hall–Kier alpha value is -0.0800. The van der Waals surface area contributed by atoms with E-state index in [0.717, 1.165) is 0 Å². The summed E-state index contributed by atoms with van der Waals surface area (Å²) < 4.78 is 0. The predicted octanol–water partition coefficient (Wildman–Crippen LogP) is 1.13. The third-order valence-electron chi connectivity index (χ3n) is 2.89. The van der Waals surface area contributed by atoms with E-state index in [-0.39, 0.29) is 0 Å². The van der Waals surface area contributed by atoms with Crippen LogP contribution in [0.5, 0.6) is 0 Å². The Bertz CT molecular complexity index is 130. The Balaban J connectivity index is 1.88. The minimum Gasteiger partial charge on any atom is -0.326 e. The van der Waals surface area contributed by atoms with Crippen molar-refractivity contribution in [2.75, 3.05) is 13.1 Å². The second-order valence-electron chi connectivity index (χ2n) is 3.68. The molecule has 1 saturated carbocycles. The molecule has 0 amide bonds. The number of hydrogen-bond acceptors (Lipinski definition) is 2. The highest BCUT2D eigenvalue weighted by Crippen LogP contribution is 2.30. The Morgan fingerprint density at radius 2 is 2.00 bits per heavy atom. The van der Waals surface area contributed by atoms with Gasteiger partial charge in [-0.05, 0) is 19.3 Å². The number of nitrogens with two attached hydrogens (primary N) is 1. The molecule has 2 N–H and O–H groups in total. The molecule has 0 bridgehead atoms. The van der Waals surface area contributed by atoms with E-state index in [9.17, 15) is 0 Å². The van der Waals surface area contributed by atoms with Crippen LogP contribution in [0.15, 0.2) is 0 Å². The minimum atomic E-state index is 0.393. The standard InChI is InChI=1S/C9H17N2/c10-8-4-1-2-5-9(8)11-6-3-7-11/h8H,1-7,10H2. The molecular weight excluding hydrogens is 136 g/mol. The Morgan fingerprint density at radius 3 is 2.55 bits per heavy atom. The molecule has 0 aromatic rings. The van der Waals surface area contributed by atoms with E-state index in [1.54, 1.807) is 6.04 Å². The Kier molecular flexibility index (Phi) is 2.14. The molecule has 1 saturated heterocycles. The molecule has 2 nitrogen and oxygen atoms in total. The Morgan fingerprint density at radius 1 is 1.18 bits per heavy atom. The molecule has 2 fully saturated rings. The van der Waals surface area contributed by atoms with Gasteiger partial charge in [0.1, 0.15) is 0 Å². The summed E-state index contributed by atoms with van der Waals surface area (Å²) in [5.74, 6) is 0. The fraction of sp³-hybridized carbons (Fsp3) is 0.889. The first kappa shape index (κ1) is 7.56. The van der Waals surface area contributed by atoms with Crippen molar-refractivity contribution < 1.29 is 0 Å². The van der Waals surface area contributed by atoms with Crippen LogP contribution in [0.4, 0.5) is 0 Å². The highest BCUT2D eigenvalue weighted by atomic mass is 15.2. The summed E-state index contributed by atoms with van der Waals surface area (Å²) in [5, 5.41) is 0. The molecule has 1 heterocycles. The molecule has 2 aliphatic rings. The fourth-order valence-corrected chi connectivity index (χ4v) is 2.02. The first-order valence-corrected chi connectivity index (χ1v) is 4.74. The molecule has 1 unspecified atom stereocenters. The van der Waals surface area contributed by atoms with Gasteiger partial charge in [0.25, 0.3) is 0 Å². The van der Waals surface area contributed by atoms with Crippen molar-refractivity contribution in [1.82, 2.24) is 4.90 Å². The van der Waals surface area contributed by atoms with Gasteiger partial charge in [0.05, 0.1) is 6.04 Å². The fourth-order valence-electron chi connectivity index (χ4n) is 2.02. The van der Waals surface area contributed by atoms with Crippen LogP contribution < -0.4 is 5.73 Å². The quantitative estimate of drug-likeness (QED) is 0.612. The summed E-state index contributed by atoms with van der Waals surface area (Å²) in [5.41, 5.74) is 6.01. The van der Waals surface area contributed by atoms with E-state index in [1.807, 2.05) is 0 Å². The van der Waals surface area contributed by atoms with Gasteiger partial charge in [-0.3, -0.25) is 4.90 Å². The summed E-state index contributed by atoms with van der Waals surface area (Å²) in [6.07, 6.45) is 6.54. The normalized spacial score (nSPS) is 35.2. The van der Waals surface area contributed by atoms with Crippen LogP contribution in [-0.4, -0.2) is 24.0 Å². The van der Waals surface area contributed by atoms with Gasteiger partial charge in [0.2, 0.25) is 0 Å². The number of likely N-dealkylation sites (tertiary alicyclic amines) is 1. The zero-order chi connectivity index (χ0) is 7.68. The lowest BCUT2D eigenvalue weighted by Gasteiger charge is -2.42. The molecule has 63 valence electrons. The third kappa shape index (κ3) is 1.42. The lowest BCUT2D eigenvalue weighted by molar-refractivity contribution is 0.149. The van der Waals surface area contributed by atoms with Crippen molar-refractivity contribution >= 4 is 0 Å². The molecule has 0 aromatic carbocycles. The average molecular weight is 153 g/mol. The SMILES string of the molecule is NC1CCCC[C]1N1CCC1. The molecule has 1 aliphatic carbocycles. The van der Waals surface area contributed by atoms with Crippen LogP contribution in [0.2, 0.25) is 0 Å². The van der Waals surface area contributed by atoms with Crippen molar-refractivity contribution in [3.63, 3.8) is 0 Å². The first-order valence-electron chi connectivity index (χ1n) is 4.74. The van der Waals surface area contributed by atoms with Crippen molar-refractivity contribution in [2.24, 2.45) is 5.73 Å². The van der Waals surface area contributed by atoms with E-state index in [2.05, 4.69) is 4.90 Å². The van der Waals surface area contributed by atoms with Gasteiger partial charge in [-0.1, -0.05) is 12.8 Å². The monoisotopic (exact) mass is 153 g/mol. The maximum Gasteiger partial charge on any atom is 0.0559 e. The van der Waals surface area contributed by atoms with Gasteiger partial charge in [0, 0.05) is 19.1 Å². The first-order chi connectivity index (χ1) is 5.38. The van der Waals surface area contributed by atoms with Crippen molar-refractivity contribution in [3.8, 4) is 0 Å². The topological polar surface area (TPSA) is 29.3 Å². The molecule has 1 radical (unpaired) electrons. The van der Waals surface area contributed by atoms with Gasteiger partial charge in [-0.2, -0.15) is 0 Å². The Labute approximate surface area is 68.7 Å². The van der Waals surface area contributed by atoms with Gasteiger partial charge in [0.15, 0.2) is 0 Å². The second-order valence-corrected chi connectivity index (χ2v) is 3.68. The van der Waals surface area contributed by atoms with Gasteiger partial charge >= 0.3 is 0 Å². The minimum absolute atomic E-state index is 0.393. The summed E-state index contributed by atoms with van der Waals surface area (Å²) in [6.45, 7) is 2.53.